The van der Waals surface area contributed by atoms with Crippen LogP contribution < -0.4 is 9.64 Å². The Morgan fingerprint density at radius 3 is 2.39 bits per heavy atom. The molecule has 3 aromatic carbocycles. The van der Waals surface area contributed by atoms with Gasteiger partial charge in [0.1, 0.15) is 11.5 Å². The van der Waals surface area contributed by atoms with Gasteiger partial charge in [-0.3, -0.25) is 9.69 Å². The zero-order chi connectivity index (χ0) is 22.7. The number of nitrogens with zero attached hydrogens (tertiary/aromatic N) is 3. The SMILES string of the molecule is Cc1cc(C)c2sc(N(CCN(C)C)C(=O)c3ccccc3Oc3ccccc3)nc2c1.Cl. The molecule has 0 aliphatic carbocycles. The Morgan fingerprint density at radius 2 is 1.67 bits per heavy atom. The monoisotopic (exact) mass is 481 g/mol. The number of benzene rings is 3. The number of ether oxygens (including phenoxy) is 1. The second-order valence-electron chi connectivity index (χ2n) is 8.10. The highest BCUT2D eigenvalue weighted by atomic mass is 35.5. The summed E-state index contributed by atoms with van der Waals surface area (Å²) in [5, 5.41) is 0.704. The number of carbonyl (C=O) groups excluding carboxylic acids is 1. The molecule has 1 aromatic heterocycles. The molecule has 0 saturated heterocycles. The number of hydrogen-bond acceptors (Lipinski definition) is 5. The van der Waals surface area contributed by atoms with Crippen LogP contribution in [0.4, 0.5) is 5.13 Å². The van der Waals surface area contributed by atoms with Crippen LogP contribution in [0.5, 0.6) is 11.5 Å². The summed E-state index contributed by atoms with van der Waals surface area (Å²) in [6.45, 7) is 5.41. The molecule has 4 aromatic rings. The van der Waals surface area contributed by atoms with E-state index in [2.05, 4.69) is 30.9 Å². The van der Waals surface area contributed by atoms with Crippen molar-refractivity contribution in [3.8, 4) is 11.5 Å². The summed E-state index contributed by atoms with van der Waals surface area (Å²) >= 11 is 1.56. The van der Waals surface area contributed by atoms with Crippen molar-refractivity contribution in [2.45, 2.75) is 13.8 Å². The number of rotatable bonds is 7. The Balaban J connectivity index is 0.00000306. The molecule has 0 N–H and O–H groups in total. The van der Waals surface area contributed by atoms with E-state index >= 15 is 0 Å². The first-order chi connectivity index (χ1) is 15.4. The van der Waals surface area contributed by atoms with Gasteiger partial charge in [0.25, 0.3) is 5.91 Å². The largest absolute Gasteiger partial charge is 0.457 e. The maximum atomic E-state index is 13.8. The van der Waals surface area contributed by atoms with Crippen molar-refractivity contribution in [3.63, 3.8) is 0 Å². The number of fused-ring (bicyclic) bond motifs is 1. The summed E-state index contributed by atoms with van der Waals surface area (Å²) in [6.07, 6.45) is 0. The fraction of sp³-hybridized carbons (Fsp3) is 0.231. The highest BCUT2D eigenvalue weighted by Crippen LogP contribution is 2.34. The number of aryl methyl sites for hydroxylation is 2. The molecule has 1 amide bonds. The minimum Gasteiger partial charge on any atom is -0.457 e. The molecular formula is C26H28ClN3O2S. The van der Waals surface area contributed by atoms with Crippen LogP contribution in [0.15, 0.2) is 66.7 Å². The van der Waals surface area contributed by atoms with E-state index in [-0.39, 0.29) is 18.3 Å². The quantitative estimate of drug-likeness (QED) is 0.309. The van der Waals surface area contributed by atoms with Crippen LogP contribution >= 0.6 is 23.7 Å². The maximum absolute atomic E-state index is 13.8. The van der Waals surface area contributed by atoms with E-state index in [9.17, 15) is 4.79 Å². The predicted octanol–water partition coefficient (Wildman–Crippen LogP) is 6.34. The molecule has 0 fully saturated rings. The zero-order valence-corrected chi connectivity index (χ0v) is 20.9. The second-order valence-corrected chi connectivity index (χ2v) is 9.08. The summed E-state index contributed by atoms with van der Waals surface area (Å²) in [5.41, 5.74) is 3.79. The van der Waals surface area contributed by atoms with Crippen LogP contribution in [0.3, 0.4) is 0 Å². The number of amides is 1. The Morgan fingerprint density at radius 1 is 0.970 bits per heavy atom. The minimum absolute atomic E-state index is 0. The Hall–Kier alpha value is -2.93. The summed E-state index contributed by atoms with van der Waals surface area (Å²) in [5.74, 6) is 1.11. The van der Waals surface area contributed by atoms with Gasteiger partial charge in [-0.25, -0.2) is 4.98 Å². The number of para-hydroxylation sites is 2. The minimum atomic E-state index is -0.119. The third-order valence-electron chi connectivity index (χ3n) is 5.14. The Kier molecular flexibility index (Phi) is 8.08. The van der Waals surface area contributed by atoms with Crippen molar-refractivity contribution in [2.24, 2.45) is 0 Å². The number of anilines is 1. The van der Waals surface area contributed by atoms with Crippen LogP contribution in [-0.4, -0.2) is 43.0 Å². The van der Waals surface area contributed by atoms with Gasteiger partial charge in [0, 0.05) is 13.1 Å². The highest BCUT2D eigenvalue weighted by Gasteiger charge is 2.24. The molecule has 33 heavy (non-hydrogen) atoms. The molecule has 0 aliphatic rings. The number of hydrogen-bond donors (Lipinski definition) is 0. The zero-order valence-electron chi connectivity index (χ0n) is 19.2. The number of carbonyl (C=O) groups is 1. The van der Waals surface area contributed by atoms with Crippen molar-refractivity contribution in [3.05, 3.63) is 83.4 Å². The first-order valence-electron chi connectivity index (χ1n) is 10.6. The molecule has 0 bridgehead atoms. The van der Waals surface area contributed by atoms with Gasteiger partial charge in [-0.05, 0) is 69.4 Å². The number of aromatic nitrogens is 1. The Labute approximate surface area is 205 Å². The maximum Gasteiger partial charge on any atom is 0.263 e. The van der Waals surface area contributed by atoms with Gasteiger partial charge in [-0.15, -0.1) is 12.4 Å². The molecule has 4 rings (SSSR count). The van der Waals surface area contributed by atoms with Gasteiger partial charge < -0.3 is 9.64 Å². The molecule has 0 radical (unpaired) electrons. The highest BCUT2D eigenvalue weighted by molar-refractivity contribution is 7.22. The third kappa shape index (κ3) is 5.71. The fourth-order valence-electron chi connectivity index (χ4n) is 3.56. The first kappa shape index (κ1) is 24.7. The molecule has 0 aliphatic heterocycles. The number of halogens is 1. The number of likely N-dealkylation sites (N-methyl/N-ethyl adjacent to an activating group) is 1. The van der Waals surface area contributed by atoms with Crippen LogP contribution in [0.1, 0.15) is 21.5 Å². The lowest BCUT2D eigenvalue weighted by Gasteiger charge is -2.23. The smallest absolute Gasteiger partial charge is 0.263 e. The van der Waals surface area contributed by atoms with Gasteiger partial charge in [0.2, 0.25) is 0 Å². The molecule has 0 saturated carbocycles. The molecular weight excluding hydrogens is 454 g/mol. The van der Waals surface area contributed by atoms with E-state index in [0.717, 1.165) is 16.8 Å². The molecule has 1 heterocycles. The average Bonchev–Trinajstić information content (AvgIpc) is 3.18. The van der Waals surface area contributed by atoms with Crippen LogP contribution in [-0.2, 0) is 0 Å². The normalized spacial score (nSPS) is 10.8. The van der Waals surface area contributed by atoms with E-state index in [1.807, 2.05) is 68.7 Å². The Bertz CT molecular complexity index is 1240. The second kappa shape index (κ2) is 10.8. The van der Waals surface area contributed by atoms with Gasteiger partial charge in [-0.1, -0.05) is 47.7 Å². The third-order valence-corrected chi connectivity index (χ3v) is 6.37. The summed E-state index contributed by atoms with van der Waals surface area (Å²) in [6, 6.07) is 21.1. The number of thiazole rings is 1. The van der Waals surface area contributed by atoms with Crippen LogP contribution in [0.2, 0.25) is 0 Å². The molecule has 172 valence electrons. The van der Waals surface area contributed by atoms with E-state index < -0.39 is 0 Å². The average molecular weight is 482 g/mol. The summed E-state index contributed by atoms with van der Waals surface area (Å²) < 4.78 is 7.17. The predicted molar refractivity (Wildman–Crippen MR) is 140 cm³/mol. The van der Waals surface area contributed by atoms with E-state index in [1.54, 1.807) is 16.2 Å². The van der Waals surface area contributed by atoms with Crippen LogP contribution in [0, 0.1) is 13.8 Å². The van der Waals surface area contributed by atoms with Crippen LogP contribution in [0.25, 0.3) is 10.2 Å². The van der Waals surface area contributed by atoms with Gasteiger partial charge in [0.15, 0.2) is 5.13 Å². The van der Waals surface area contributed by atoms with Crippen molar-refractivity contribution in [1.29, 1.82) is 0 Å². The molecule has 7 heteroatoms. The summed E-state index contributed by atoms with van der Waals surface area (Å²) in [4.78, 5) is 22.5. The van der Waals surface area contributed by atoms with Crippen molar-refractivity contribution >= 4 is 45.0 Å². The van der Waals surface area contributed by atoms with Crippen molar-refractivity contribution in [1.82, 2.24) is 9.88 Å². The molecule has 5 nitrogen and oxygen atoms in total. The molecule has 0 unspecified atom stereocenters. The lowest BCUT2D eigenvalue weighted by atomic mass is 10.1. The lowest BCUT2D eigenvalue weighted by Crippen LogP contribution is -2.36. The summed E-state index contributed by atoms with van der Waals surface area (Å²) in [7, 11) is 4.00. The molecule has 0 spiro atoms. The van der Waals surface area contributed by atoms with E-state index in [1.165, 1.54) is 11.1 Å². The van der Waals surface area contributed by atoms with Gasteiger partial charge in [-0.2, -0.15) is 0 Å². The van der Waals surface area contributed by atoms with E-state index in [4.69, 9.17) is 9.72 Å². The van der Waals surface area contributed by atoms with E-state index in [0.29, 0.717) is 28.7 Å². The standard InChI is InChI=1S/C26H27N3O2S.ClH/c1-18-16-19(2)24-22(17-18)27-26(32-24)29(15-14-28(3)4)25(30)21-12-8-9-13-23(21)31-20-10-6-5-7-11-20;/h5-13,16-17H,14-15H2,1-4H3;1H. The topological polar surface area (TPSA) is 45.7 Å². The molecule has 0 atom stereocenters. The van der Waals surface area contributed by atoms with Crippen molar-refractivity contribution in [2.75, 3.05) is 32.1 Å². The van der Waals surface area contributed by atoms with Gasteiger partial charge in [0.05, 0.1) is 15.8 Å². The van der Waals surface area contributed by atoms with Gasteiger partial charge >= 0.3 is 0 Å². The first-order valence-corrected chi connectivity index (χ1v) is 11.4. The fourth-order valence-corrected chi connectivity index (χ4v) is 4.60. The lowest BCUT2D eigenvalue weighted by molar-refractivity contribution is 0.0983. The van der Waals surface area contributed by atoms with Crippen molar-refractivity contribution < 1.29 is 9.53 Å².